The average molecular weight is 368 g/mol. The molecule has 1 heterocycles. The molecule has 0 bridgehead atoms. The van der Waals surface area contributed by atoms with Gasteiger partial charge in [-0.05, 0) is 43.2 Å². The molecule has 5 heteroatoms. The lowest BCUT2D eigenvalue weighted by atomic mass is 10.1. The van der Waals surface area contributed by atoms with Gasteiger partial charge < -0.3 is 17.7 Å². The number of hydrogen-bond acceptors (Lipinski definition) is 3. The van der Waals surface area contributed by atoms with Gasteiger partial charge in [-0.2, -0.15) is 0 Å². The molecule has 0 atom stereocenters. The van der Waals surface area contributed by atoms with Gasteiger partial charge in [-0.15, -0.1) is 0 Å². The molecule has 0 saturated carbocycles. The molecule has 0 unspecified atom stereocenters. The van der Waals surface area contributed by atoms with E-state index in [-0.39, 0.29) is 18.3 Å². The first-order chi connectivity index (χ1) is 12.1. The van der Waals surface area contributed by atoms with Crippen molar-refractivity contribution in [1.29, 1.82) is 0 Å². The van der Waals surface area contributed by atoms with Crippen molar-refractivity contribution < 1.29 is 22.5 Å². The van der Waals surface area contributed by atoms with Crippen LogP contribution in [-0.2, 0) is 6.54 Å². The molecular weight excluding hydrogens is 346 g/mol. The first-order valence-electron chi connectivity index (χ1n) is 8.32. The summed E-state index contributed by atoms with van der Waals surface area (Å²) < 4.78 is 0. The lowest BCUT2D eigenvalue weighted by molar-refractivity contribution is -0.464. The molecule has 3 aromatic rings. The number of nitrogens with zero attached hydrogens (tertiary/aromatic N) is 1. The van der Waals surface area contributed by atoms with Gasteiger partial charge in [-0.1, -0.05) is 42.5 Å². The van der Waals surface area contributed by atoms with Crippen LogP contribution in [0, 0.1) is 13.8 Å². The molecule has 0 saturated heterocycles. The first kappa shape index (κ1) is 19.6. The van der Waals surface area contributed by atoms with Gasteiger partial charge in [0.1, 0.15) is 11.5 Å². The Morgan fingerprint density at radius 1 is 1.00 bits per heavy atom. The summed E-state index contributed by atoms with van der Waals surface area (Å²) in [5, 5.41) is 4.94. The fourth-order valence-corrected chi connectivity index (χ4v) is 2.59. The Bertz CT molecular complexity index is 864. The van der Waals surface area contributed by atoms with E-state index in [1.54, 1.807) is 11.5 Å². The number of aromatic nitrogens is 1. The van der Waals surface area contributed by atoms with Crippen LogP contribution in [0.15, 0.2) is 66.9 Å². The second-order valence-corrected chi connectivity index (χ2v) is 6.07. The maximum Gasteiger partial charge on any atom is 0.349 e. The SMILES string of the molecule is Cc1cccc([NH2+]C(=O)c2ccc(NCc3ccccc3)nc2)c1C.[Cl-]. The zero-order valence-electron chi connectivity index (χ0n) is 14.9. The summed E-state index contributed by atoms with van der Waals surface area (Å²) in [7, 11) is 0. The Hall–Kier alpha value is -2.69. The van der Waals surface area contributed by atoms with Crippen molar-refractivity contribution >= 4 is 17.4 Å². The van der Waals surface area contributed by atoms with E-state index in [0.29, 0.717) is 12.1 Å². The lowest BCUT2D eigenvalue weighted by Crippen LogP contribution is -3.00. The number of rotatable bonds is 5. The number of nitrogens with one attached hydrogen (secondary N) is 1. The summed E-state index contributed by atoms with van der Waals surface area (Å²) in [6.45, 7) is 4.78. The molecule has 1 amide bonds. The monoisotopic (exact) mass is 367 g/mol. The molecule has 3 rings (SSSR count). The van der Waals surface area contributed by atoms with Crippen LogP contribution in [0.1, 0.15) is 27.0 Å². The summed E-state index contributed by atoms with van der Waals surface area (Å²) in [5.41, 5.74) is 5.04. The smallest absolute Gasteiger partial charge is 0.349 e. The highest BCUT2D eigenvalue weighted by Crippen LogP contribution is 2.13. The molecule has 0 aliphatic rings. The first-order valence-corrected chi connectivity index (χ1v) is 8.32. The second kappa shape index (κ2) is 9.13. The largest absolute Gasteiger partial charge is 1.00 e. The number of quaternary nitrogens is 1. The highest BCUT2D eigenvalue weighted by atomic mass is 35.5. The van der Waals surface area contributed by atoms with E-state index in [9.17, 15) is 4.79 Å². The molecule has 0 radical (unpaired) electrons. The number of hydrogen-bond donors (Lipinski definition) is 2. The minimum absolute atomic E-state index is 0. The predicted molar refractivity (Wildman–Crippen MR) is 99.8 cm³/mol. The number of carbonyl (C=O) groups excluding carboxylic acids is 1. The quantitative estimate of drug-likeness (QED) is 0.640. The second-order valence-electron chi connectivity index (χ2n) is 6.07. The maximum atomic E-state index is 12.5. The van der Waals surface area contributed by atoms with Crippen molar-refractivity contribution in [2.45, 2.75) is 20.4 Å². The number of pyridine rings is 1. The summed E-state index contributed by atoms with van der Waals surface area (Å²) in [5.74, 6) is 0.725. The van der Waals surface area contributed by atoms with E-state index in [1.165, 1.54) is 11.1 Å². The van der Waals surface area contributed by atoms with Crippen LogP contribution in [0.4, 0.5) is 11.5 Å². The summed E-state index contributed by atoms with van der Waals surface area (Å²) in [6.07, 6.45) is 1.62. The van der Waals surface area contributed by atoms with Crippen molar-refractivity contribution in [3.05, 3.63) is 89.1 Å². The number of primary amides is 1. The summed E-state index contributed by atoms with van der Waals surface area (Å²) in [4.78, 5) is 16.8. The number of anilines is 1. The van der Waals surface area contributed by atoms with Crippen molar-refractivity contribution in [2.24, 2.45) is 0 Å². The highest BCUT2D eigenvalue weighted by Gasteiger charge is 2.14. The standard InChI is InChI=1S/C21H21N3O.ClH/c1-15-7-6-10-19(16(15)2)24-21(25)18-11-12-20(23-14-18)22-13-17-8-4-3-5-9-17;/h3-12,14H,13H2,1-2H3,(H,22,23)(H,24,25);1H. The van der Waals surface area contributed by atoms with Crippen molar-refractivity contribution in [1.82, 2.24) is 4.98 Å². The third kappa shape index (κ3) is 4.91. The lowest BCUT2D eigenvalue weighted by Gasteiger charge is -2.07. The number of halogens is 1. The van der Waals surface area contributed by atoms with Gasteiger partial charge in [0.15, 0.2) is 0 Å². The zero-order chi connectivity index (χ0) is 17.6. The molecular formula is C21H22ClN3O. The number of nitrogens with two attached hydrogens (primary N) is 1. The topological polar surface area (TPSA) is 58.6 Å². The van der Waals surface area contributed by atoms with Gasteiger partial charge in [0.25, 0.3) is 0 Å². The normalized spacial score (nSPS) is 10.1. The average Bonchev–Trinajstić information content (AvgIpc) is 2.65. The minimum atomic E-state index is -0.0317. The Labute approximate surface area is 160 Å². The minimum Gasteiger partial charge on any atom is -1.00 e. The van der Waals surface area contributed by atoms with Gasteiger partial charge in [-0.3, -0.25) is 0 Å². The Kier molecular flexibility index (Phi) is 6.89. The van der Waals surface area contributed by atoms with E-state index in [1.807, 2.05) is 62.4 Å². The van der Waals surface area contributed by atoms with E-state index < -0.39 is 0 Å². The molecule has 26 heavy (non-hydrogen) atoms. The number of carbonyl (C=O) groups is 1. The number of benzene rings is 2. The molecule has 4 nitrogen and oxygen atoms in total. The molecule has 3 N–H and O–H groups in total. The van der Waals surface area contributed by atoms with Crippen LogP contribution >= 0.6 is 0 Å². The zero-order valence-corrected chi connectivity index (χ0v) is 15.6. The summed E-state index contributed by atoms with van der Waals surface area (Å²) in [6, 6.07) is 19.8. The molecule has 134 valence electrons. The molecule has 1 aromatic heterocycles. The molecule has 0 fully saturated rings. The van der Waals surface area contributed by atoms with Gasteiger partial charge in [0.2, 0.25) is 0 Å². The Balaban J connectivity index is 0.00000243. The number of amides is 1. The highest BCUT2D eigenvalue weighted by molar-refractivity contribution is 5.87. The van der Waals surface area contributed by atoms with E-state index in [2.05, 4.69) is 22.4 Å². The molecule has 0 aliphatic heterocycles. The Morgan fingerprint density at radius 2 is 1.77 bits per heavy atom. The third-order valence-electron chi connectivity index (χ3n) is 4.30. The predicted octanol–water partition coefficient (Wildman–Crippen LogP) is 0.350. The fourth-order valence-electron chi connectivity index (χ4n) is 2.59. The fraction of sp³-hybridized carbons (Fsp3) is 0.143. The van der Waals surface area contributed by atoms with Crippen LogP contribution in [0.3, 0.4) is 0 Å². The van der Waals surface area contributed by atoms with Crippen molar-refractivity contribution in [3.63, 3.8) is 0 Å². The third-order valence-corrected chi connectivity index (χ3v) is 4.30. The number of aryl methyl sites for hydroxylation is 1. The van der Waals surface area contributed by atoms with E-state index >= 15 is 0 Å². The van der Waals surface area contributed by atoms with Crippen molar-refractivity contribution in [2.75, 3.05) is 5.32 Å². The van der Waals surface area contributed by atoms with E-state index in [4.69, 9.17) is 0 Å². The van der Waals surface area contributed by atoms with Gasteiger partial charge in [0, 0.05) is 18.3 Å². The van der Waals surface area contributed by atoms with Crippen LogP contribution in [0.5, 0.6) is 0 Å². The molecule has 0 spiro atoms. The van der Waals surface area contributed by atoms with Crippen LogP contribution < -0.4 is 23.0 Å². The van der Waals surface area contributed by atoms with Crippen LogP contribution in [-0.4, -0.2) is 10.9 Å². The van der Waals surface area contributed by atoms with Gasteiger partial charge in [-0.25, -0.2) is 15.1 Å². The van der Waals surface area contributed by atoms with E-state index in [0.717, 1.165) is 17.1 Å². The van der Waals surface area contributed by atoms with Crippen LogP contribution in [0.2, 0.25) is 0 Å². The summed E-state index contributed by atoms with van der Waals surface area (Å²) >= 11 is 0. The Morgan fingerprint density at radius 3 is 2.46 bits per heavy atom. The van der Waals surface area contributed by atoms with Gasteiger partial charge >= 0.3 is 5.91 Å². The maximum absolute atomic E-state index is 12.5. The molecule has 2 aromatic carbocycles. The van der Waals surface area contributed by atoms with Crippen LogP contribution in [0.25, 0.3) is 0 Å². The molecule has 0 aliphatic carbocycles. The van der Waals surface area contributed by atoms with Crippen molar-refractivity contribution in [3.8, 4) is 0 Å². The van der Waals surface area contributed by atoms with Gasteiger partial charge in [0.05, 0.1) is 5.56 Å².